The van der Waals surface area contributed by atoms with E-state index in [0.29, 0.717) is 30.8 Å². The zero-order chi connectivity index (χ0) is 16.9. The topological polar surface area (TPSA) is 114 Å². The standard InChI is InChI=1S/C14H19N3O5S/c1-22-6-2-5-15-14(19)9-16-23(20,21)11-3-4-12-10(7-11)8-13(18)17-12/h3-4,7,16H,2,5-6,8-9H2,1H3,(H,15,19)(H,17,18). The Kier molecular flexibility index (Phi) is 5.69. The van der Waals surface area contributed by atoms with E-state index in [2.05, 4.69) is 15.4 Å². The molecular weight excluding hydrogens is 322 g/mol. The van der Waals surface area contributed by atoms with Gasteiger partial charge in [-0.3, -0.25) is 9.59 Å². The lowest BCUT2D eigenvalue weighted by atomic mass is 10.2. The summed E-state index contributed by atoms with van der Waals surface area (Å²) in [5.41, 5.74) is 1.24. The third-order valence-electron chi connectivity index (χ3n) is 3.28. The predicted octanol–water partition coefficient (Wildman–Crippen LogP) is -0.388. The number of anilines is 1. The summed E-state index contributed by atoms with van der Waals surface area (Å²) in [7, 11) is -2.24. The molecule has 0 aliphatic carbocycles. The van der Waals surface area contributed by atoms with Crippen molar-refractivity contribution < 1.29 is 22.7 Å². The van der Waals surface area contributed by atoms with Crippen LogP contribution in [0.15, 0.2) is 23.1 Å². The number of hydrogen-bond acceptors (Lipinski definition) is 5. The lowest BCUT2D eigenvalue weighted by Gasteiger charge is -2.09. The number of hydrogen-bond donors (Lipinski definition) is 3. The van der Waals surface area contributed by atoms with Crippen LogP contribution in [0.3, 0.4) is 0 Å². The molecule has 0 radical (unpaired) electrons. The van der Waals surface area contributed by atoms with Gasteiger partial charge in [-0.25, -0.2) is 13.1 Å². The van der Waals surface area contributed by atoms with Crippen molar-refractivity contribution in [1.29, 1.82) is 0 Å². The van der Waals surface area contributed by atoms with Crippen LogP contribution in [0, 0.1) is 0 Å². The Hall–Kier alpha value is -1.97. The number of benzene rings is 1. The second-order valence-electron chi connectivity index (χ2n) is 5.06. The molecule has 1 aromatic rings. The molecule has 2 rings (SSSR count). The van der Waals surface area contributed by atoms with Gasteiger partial charge in [-0.15, -0.1) is 0 Å². The smallest absolute Gasteiger partial charge is 0.241 e. The van der Waals surface area contributed by atoms with Crippen molar-refractivity contribution in [3.63, 3.8) is 0 Å². The molecule has 0 bridgehead atoms. The van der Waals surface area contributed by atoms with Gasteiger partial charge in [0, 0.05) is 25.9 Å². The maximum atomic E-state index is 12.2. The summed E-state index contributed by atoms with van der Waals surface area (Å²) in [4.78, 5) is 22.9. The van der Waals surface area contributed by atoms with E-state index in [1.165, 1.54) is 12.1 Å². The highest BCUT2D eigenvalue weighted by atomic mass is 32.2. The first-order chi connectivity index (χ1) is 10.9. The van der Waals surface area contributed by atoms with Crippen LogP contribution < -0.4 is 15.4 Å². The highest BCUT2D eigenvalue weighted by Crippen LogP contribution is 2.25. The van der Waals surface area contributed by atoms with E-state index in [9.17, 15) is 18.0 Å². The zero-order valence-corrected chi connectivity index (χ0v) is 13.5. The molecule has 1 heterocycles. The fraction of sp³-hybridized carbons (Fsp3) is 0.429. The van der Waals surface area contributed by atoms with Crippen LogP contribution in [0.1, 0.15) is 12.0 Å². The number of carbonyl (C=O) groups excluding carboxylic acids is 2. The fourth-order valence-corrected chi connectivity index (χ4v) is 3.16. The SMILES string of the molecule is COCCCNC(=O)CNS(=O)(=O)c1ccc2c(c1)CC(=O)N2. The van der Waals surface area contributed by atoms with Gasteiger partial charge in [0.05, 0.1) is 17.9 Å². The van der Waals surface area contributed by atoms with Gasteiger partial charge in [0.25, 0.3) is 0 Å². The molecule has 126 valence electrons. The second-order valence-corrected chi connectivity index (χ2v) is 6.83. The molecule has 23 heavy (non-hydrogen) atoms. The molecule has 0 saturated carbocycles. The molecule has 8 nitrogen and oxygen atoms in total. The average molecular weight is 341 g/mol. The third kappa shape index (κ3) is 4.75. The minimum absolute atomic E-state index is 0.0277. The predicted molar refractivity (Wildman–Crippen MR) is 83.5 cm³/mol. The highest BCUT2D eigenvalue weighted by molar-refractivity contribution is 7.89. The lowest BCUT2D eigenvalue weighted by Crippen LogP contribution is -2.37. The van der Waals surface area contributed by atoms with Crippen molar-refractivity contribution in [1.82, 2.24) is 10.0 Å². The molecule has 1 aromatic carbocycles. The molecule has 1 aliphatic heterocycles. The number of sulfonamides is 1. The van der Waals surface area contributed by atoms with Crippen molar-refractivity contribution in [2.45, 2.75) is 17.7 Å². The van der Waals surface area contributed by atoms with E-state index in [1.807, 2.05) is 0 Å². The summed E-state index contributed by atoms with van der Waals surface area (Å²) >= 11 is 0. The van der Waals surface area contributed by atoms with E-state index in [1.54, 1.807) is 13.2 Å². The Labute approximate surface area is 134 Å². The van der Waals surface area contributed by atoms with E-state index in [4.69, 9.17) is 4.74 Å². The van der Waals surface area contributed by atoms with Gasteiger partial charge in [0.15, 0.2) is 0 Å². The van der Waals surface area contributed by atoms with Gasteiger partial charge in [-0.05, 0) is 30.2 Å². The molecule has 0 saturated heterocycles. The quantitative estimate of drug-likeness (QED) is 0.558. The van der Waals surface area contributed by atoms with Crippen LogP contribution in [0.5, 0.6) is 0 Å². The molecule has 0 spiro atoms. The summed E-state index contributed by atoms with van der Waals surface area (Å²) in [5.74, 6) is -0.583. The Morgan fingerprint density at radius 2 is 2.17 bits per heavy atom. The third-order valence-corrected chi connectivity index (χ3v) is 4.68. The molecular formula is C14H19N3O5S. The van der Waals surface area contributed by atoms with Crippen LogP contribution in [0.4, 0.5) is 5.69 Å². The molecule has 0 aromatic heterocycles. The van der Waals surface area contributed by atoms with Crippen molar-refractivity contribution in [2.75, 3.05) is 32.1 Å². The van der Waals surface area contributed by atoms with Gasteiger partial charge >= 0.3 is 0 Å². The van der Waals surface area contributed by atoms with Crippen molar-refractivity contribution in [3.8, 4) is 0 Å². The monoisotopic (exact) mass is 341 g/mol. The molecule has 0 fully saturated rings. The van der Waals surface area contributed by atoms with Gasteiger partial charge < -0.3 is 15.4 Å². The maximum Gasteiger partial charge on any atom is 0.241 e. The summed E-state index contributed by atoms with van der Waals surface area (Å²) < 4.78 is 31.4. The number of methoxy groups -OCH3 is 1. The molecule has 2 amide bonds. The number of carbonyl (C=O) groups is 2. The Bertz CT molecular complexity index is 702. The Morgan fingerprint density at radius 1 is 1.39 bits per heavy atom. The van der Waals surface area contributed by atoms with E-state index >= 15 is 0 Å². The lowest BCUT2D eigenvalue weighted by molar-refractivity contribution is -0.120. The van der Waals surface area contributed by atoms with E-state index < -0.39 is 15.9 Å². The molecule has 9 heteroatoms. The van der Waals surface area contributed by atoms with Gasteiger partial charge in [0.2, 0.25) is 21.8 Å². The van der Waals surface area contributed by atoms with Gasteiger partial charge in [-0.2, -0.15) is 0 Å². The maximum absolute atomic E-state index is 12.2. The largest absolute Gasteiger partial charge is 0.385 e. The van der Waals surface area contributed by atoms with Crippen LogP contribution in [0.25, 0.3) is 0 Å². The van der Waals surface area contributed by atoms with Crippen LogP contribution in [0.2, 0.25) is 0 Å². The zero-order valence-electron chi connectivity index (χ0n) is 12.7. The van der Waals surface area contributed by atoms with E-state index in [0.717, 1.165) is 0 Å². The summed E-state index contributed by atoms with van der Waals surface area (Å²) in [6.07, 6.45) is 0.805. The number of nitrogens with one attached hydrogen (secondary N) is 3. The van der Waals surface area contributed by atoms with Gasteiger partial charge in [0.1, 0.15) is 0 Å². The molecule has 1 aliphatic rings. The Balaban J connectivity index is 1.91. The number of amides is 2. The van der Waals surface area contributed by atoms with Crippen LogP contribution in [-0.4, -0.2) is 47.0 Å². The number of rotatable bonds is 8. The normalized spacial score (nSPS) is 13.5. The molecule has 0 atom stereocenters. The summed E-state index contributed by atoms with van der Waals surface area (Å²) in [6.45, 7) is 0.596. The first-order valence-electron chi connectivity index (χ1n) is 7.10. The van der Waals surface area contributed by atoms with Crippen molar-refractivity contribution in [2.24, 2.45) is 0 Å². The number of ether oxygens (including phenoxy) is 1. The molecule has 0 unspecified atom stereocenters. The first kappa shape index (κ1) is 17.4. The fourth-order valence-electron chi connectivity index (χ4n) is 2.12. The van der Waals surface area contributed by atoms with Gasteiger partial charge in [-0.1, -0.05) is 0 Å². The average Bonchev–Trinajstić information content (AvgIpc) is 2.88. The summed E-state index contributed by atoms with van der Waals surface area (Å²) in [5, 5.41) is 5.22. The highest BCUT2D eigenvalue weighted by Gasteiger charge is 2.22. The minimum atomic E-state index is -3.80. The Morgan fingerprint density at radius 3 is 2.91 bits per heavy atom. The second kappa shape index (κ2) is 7.53. The summed E-state index contributed by atoms with van der Waals surface area (Å²) in [6, 6.07) is 4.37. The van der Waals surface area contributed by atoms with Crippen molar-refractivity contribution >= 4 is 27.5 Å². The molecule has 3 N–H and O–H groups in total. The number of fused-ring (bicyclic) bond motifs is 1. The van der Waals surface area contributed by atoms with Crippen molar-refractivity contribution in [3.05, 3.63) is 23.8 Å². The minimum Gasteiger partial charge on any atom is -0.385 e. The first-order valence-corrected chi connectivity index (χ1v) is 8.59. The van der Waals surface area contributed by atoms with Crippen LogP contribution >= 0.6 is 0 Å². The van der Waals surface area contributed by atoms with E-state index in [-0.39, 0.29) is 23.8 Å². The van der Waals surface area contributed by atoms with Crippen LogP contribution in [-0.2, 0) is 30.8 Å².